The van der Waals surface area contributed by atoms with Gasteiger partial charge in [-0.1, -0.05) is 23.9 Å². The molecular formula is C24H25N4O3S+. The number of rotatable bonds is 4. The molecule has 0 radical (unpaired) electrons. The lowest BCUT2D eigenvalue weighted by molar-refractivity contribution is -0.763. The average Bonchev–Trinajstić information content (AvgIpc) is 3.31. The number of para-hydroxylation sites is 1. The van der Waals surface area contributed by atoms with Gasteiger partial charge in [-0.15, -0.1) is 0 Å². The minimum Gasteiger partial charge on any atom is -0.490 e. The van der Waals surface area contributed by atoms with Gasteiger partial charge in [-0.3, -0.25) is 14.6 Å². The van der Waals surface area contributed by atoms with Gasteiger partial charge in [0.2, 0.25) is 11.1 Å². The monoisotopic (exact) mass is 449 g/mol. The fourth-order valence-electron chi connectivity index (χ4n) is 4.62. The summed E-state index contributed by atoms with van der Waals surface area (Å²) in [6, 6.07) is 15.2. The van der Waals surface area contributed by atoms with Crippen LogP contribution in [0.5, 0.6) is 5.75 Å². The zero-order valence-corrected chi connectivity index (χ0v) is 18.9. The van der Waals surface area contributed by atoms with E-state index in [9.17, 15) is 9.59 Å². The molecule has 1 atom stereocenters. The zero-order valence-electron chi connectivity index (χ0n) is 18.1. The van der Waals surface area contributed by atoms with Gasteiger partial charge in [0.1, 0.15) is 5.75 Å². The Morgan fingerprint density at radius 1 is 1.16 bits per heavy atom. The van der Waals surface area contributed by atoms with Crippen molar-refractivity contribution in [2.24, 2.45) is 0 Å². The molecule has 8 heteroatoms. The Morgan fingerprint density at radius 3 is 2.56 bits per heavy atom. The van der Waals surface area contributed by atoms with Crippen LogP contribution in [-0.4, -0.2) is 28.3 Å². The van der Waals surface area contributed by atoms with Crippen LogP contribution < -0.4 is 19.9 Å². The van der Waals surface area contributed by atoms with E-state index in [0.717, 1.165) is 24.2 Å². The number of benzene rings is 2. The van der Waals surface area contributed by atoms with Crippen LogP contribution in [0.2, 0.25) is 0 Å². The smallest absolute Gasteiger partial charge is 0.325 e. The Balaban J connectivity index is 1.64. The van der Waals surface area contributed by atoms with E-state index in [4.69, 9.17) is 4.74 Å². The molecule has 2 heterocycles. The number of hydrogen-bond donors (Lipinski definition) is 1. The van der Waals surface area contributed by atoms with E-state index < -0.39 is 6.17 Å². The number of aromatic amines is 1. The number of nitrogens with zero attached hydrogens (tertiary/aromatic N) is 3. The maximum absolute atomic E-state index is 13.1. The molecule has 0 unspecified atom stereocenters. The number of thioether (sulfide) groups is 1. The first-order valence-electron chi connectivity index (χ1n) is 10.8. The van der Waals surface area contributed by atoms with E-state index in [-0.39, 0.29) is 17.6 Å². The summed E-state index contributed by atoms with van der Waals surface area (Å²) >= 11 is 1.35. The Kier molecular flexibility index (Phi) is 5.46. The van der Waals surface area contributed by atoms with Crippen molar-refractivity contribution in [1.82, 2.24) is 10.1 Å². The molecule has 5 rings (SSSR count). The number of anilines is 1. The lowest BCUT2D eigenvalue weighted by Crippen LogP contribution is -2.60. The maximum atomic E-state index is 13.1. The van der Waals surface area contributed by atoms with Gasteiger partial charge in [-0.25, -0.2) is 4.90 Å². The van der Waals surface area contributed by atoms with Crippen LogP contribution >= 0.6 is 11.8 Å². The summed E-state index contributed by atoms with van der Waals surface area (Å²) in [6.07, 6.45) is 6.16. The Labute approximate surface area is 190 Å². The van der Waals surface area contributed by atoms with Crippen LogP contribution in [0, 0.1) is 0 Å². The Morgan fingerprint density at radius 2 is 1.88 bits per heavy atom. The van der Waals surface area contributed by atoms with Gasteiger partial charge >= 0.3 is 11.3 Å². The molecule has 2 aliphatic rings. The molecule has 1 aliphatic carbocycles. The number of carbonyl (C=O) groups is 1. The molecule has 32 heavy (non-hydrogen) atoms. The maximum Gasteiger partial charge on any atom is 0.325 e. The molecule has 3 aromatic rings. The largest absolute Gasteiger partial charge is 0.490 e. The molecule has 1 saturated carbocycles. The minimum atomic E-state index is -0.578. The Hall–Kier alpha value is -3.13. The highest BCUT2D eigenvalue weighted by Gasteiger charge is 2.44. The zero-order chi connectivity index (χ0) is 22.2. The second-order valence-electron chi connectivity index (χ2n) is 8.13. The summed E-state index contributed by atoms with van der Waals surface area (Å²) in [6.45, 7) is 1.54. The number of ether oxygens (including phenoxy) is 1. The van der Waals surface area contributed by atoms with Crippen LogP contribution in [0.4, 0.5) is 5.69 Å². The number of hydrogen-bond acceptors (Lipinski definition) is 5. The third-order valence-corrected chi connectivity index (χ3v) is 6.64. The second kappa shape index (κ2) is 8.43. The third-order valence-electron chi connectivity index (χ3n) is 6.07. The van der Waals surface area contributed by atoms with Crippen molar-refractivity contribution in [2.45, 2.75) is 50.0 Å². The highest BCUT2D eigenvalue weighted by molar-refractivity contribution is 7.98. The molecular weight excluding hydrogens is 424 g/mol. The van der Waals surface area contributed by atoms with Gasteiger partial charge in [0, 0.05) is 17.6 Å². The highest BCUT2D eigenvalue weighted by atomic mass is 32.2. The molecule has 1 N–H and O–H groups in total. The molecule has 7 nitrogen and oxygen atoms in total. The summed E-state index contributed by atoms with van der Waals surface area (Å²) < 4.78 is 7.78. The SMILES string of the molecule is CSc1n[n+]2c(c(=O)[nH]1)-c1ccccc1N(C(C)=O)[C@@H]2c1ccc(OC2CCCC2)cc1. The molecule has 2 aromatic carbocycles. The molecule has 0 spiro atoms. The topological polar surface area (TPSA) is 79.2 Å². The lowest BCUT2D eigenvalue weighted by atomic mass is 10.0. The van der Waals surface area contributed by atoms with E-state index in [1.807, 2.05) is 54.8 Å². The van der Waals surface area contributed by atoms with Gasteiger partial charge in [0.25, 0.3) is 6.17 Å². The fraction of sp³-hybridized carbons (Fsp3) is 0.333. The van der Waals surface area contributed by atoms with Gasteiger partial charge < -0.3 is 4.74 Å². The van der Waals surface area contributed by atoms with Gasteiger partial charge in [0.15, 0.2) is 0 Å². The number of carbonyl (C=O) groups excluding carboxylic acids is 1. The molecule has 1 amide bonds. The molecule has 0 saturated heterocycles. The van der Waals surface area contributed by atoms with Crippen molar-refractivity contribution in [1.29, 1.82) is 0 Å². The number of nitrogens with one attached hydrogen (secondary N) is 1. The van der Waals surface area contributed by atoms with Crippen molar-refractivity contribution in [3.8, 4) is 17.0 Å². The summed E-state index contributed by atoms with van der Waals surface area (Å²) in [7, 11) is 0. The molecule has 1 aliphatic heterocycles. The fourth-order valence-corrected chi connectivity index (χ4v) is 4.99. The average molecular weight is 450 g/mol. The molecule has 1 aromatic heterocycles. The predicted octanol–water partition coefficient (Wildman–Crippen LogP) is 3.68. The van der Waals surface area contributed by atoms with Gasteiger partial charge in [-0.05, 0) is 73.0 Å². The second-order valence-corrected chi connectivity index (χ2v) is 8.92. The van der Waals surface area contributed by atoms with Gasteiger partial charge in [-0.2, -0.15) is 0 Å². The third kappa shape index (κ3) is 3.58. The molecule has 0 bridgehead atoms. The summed E-state index contributed by atoms with van der Waals surface area (Å²) in [4.78, 5) is 30.5. The first-order valence-corrected chi connectivity index (χ1v) is 12.0. The Bertz CT molecular complexity index is 1220. The van der Waals surface area contributed by atoms with E-state index in [1.165, 1.54) is 31.5 Å². The number of aromatic nitrogens is 3. The predicted molar refractivity (Wildman–Crippen MR) is 123 cm³/mol. The highest BCUT2D eigenvalue weighted by Crippen LogP contribution is 2.37. The van der Waals surface area contributed by atoms with Crippen molar-refractivity contribution in [2.75, 3.05) is 11.2 Å². The first kappa shape index (κ1) is 20.8. The van der Waals surface area contributed by atoms with E-state index in [2.05, 4.69) is 10.1 Å². The normalized spacial score (nSPS) is 17.7. The first-order chi connectivity index (χ1) is 15.6. The van der Waals surface area contributed by atoms with Gasteiger partial charge in [0.05, 0.1) is 17.4 Å². The van der Waals surface area contributed by atoms with Crippen LogP contribution in [-0.2, 0) is 4.79 Å². The summed E-state index contributed by atoms with van der Waals surface area (Å²) in [5, 5.41) is 5.18. The number of amides is 1. The molecule has 1 fully saturated rings. The summed E-state index contributed by atoms with van der Waals surface area (Å²) in [5.74, 6) is 0.694. The van der Waals surface area contributed by atoms with Crippen molar-refractivity contribution < 1.29 is 14.2 Å². The van der Waals surface area contributed by atoms with Crippen LogP contribution in [0.3, 0.4) is 0 Å². The van der Waals surface area contributed by atoms with Crippen molar-refractivity contribution in [3.63, 3.8) is 0 Å². The standard InChI is InChI=1S/C24H24N4O3S/c1-15(29)27-20-10-6-5-9-19(20)21-22(30)25-24(32-2)26-28(21)23(27)16-11-13-18(14-12-16)31-17-7-3-4-8-17/h5-6,9-14,17,23H,3-4,7-8H2,1-2H3/p+1/t23-/m0/s1. The van der Waals surface area contributed by atoms with E-state index >= 15 is 0 Å². The van der Waals surface area contributed by atoms with Crippen molar-refractivity contribution in [3.05, 3.63) is 64.4 Å². The summed E-state index contributed by atoms with van der Waals surface area (Å²) in [5.41, 5.74) is 2.44. The number of fused-ring (bicyclic) bond motifs is 3. The van der Waals surface area contributed by atoms with Crippen LogP contribution in [0.25, 0.3) is 11.3 Å². The van der Waals surface area contributed by atoms with Crippen LogP contribution in [0.15, 0.2) is 58.5 Å². The van der Waals surface area contributed by atoms with E-state index in [1.54, 1.807) is 9.58 Å². The van der Waals surface area contributed by atoms with Crippen molar-refractivity contribution >= 4 is 23.4 Å². The minimum absolute atomic E-state index is 0.125. The lowest BCUT2D eigenvalue weighted by Gasteiger charge is -2.31. The number of H-pyrrole nitrogens is 1. The van der Waals surface area contributed by atoms with Crippen LogP contribution in [0.1, 0.15) is 44.3 Å². The quantitative estimate of drug-likeness (QED) is 0.486. The molecule has 164 valence electrons. The van der Waals surface area contributed by atoms with E-state index in [0.29, 0.717) is 22.1 Å².